The molecule has 0 heterocycles. The van der Waals surface area contributed by atoms with Gasteiger partial charge in [-0.15, -0.1) is 0 Å². The van der Waals surface area contributed by atoms with Gasteiger partial charge >= 0.3 is 5.97 Å². The Hall–Kier alpha value is -2.29. The van der Waals surface area contributed by atoms with Crippen LogP contribution in [0.3, 0.4) is 0 Å². The zero-order valence-corrected chi connectivity index (χ0v) is 11.9. The quantitative estimate of drug-likeness (QED) is 0.882. The molecule has 104 valence electrons. The van der Waals surface area contributed by atoms with Gasteiger partial charge < -0.3 is 9.84 Å². The largest absolute Gasteiger partial charge is 0.478 e. The first-order valence-corrected chi connectivity index (χ1v) is 6.59. The van der Waals surface area contributed by atoms with Crippen LogP contribution in [0.25, 0.3) is 0 Å². The molecule has 0 radical (unpaired) electrons. The zero-order valence-electron chi connectivity index (χ0n) is 11.9. The molecule has 0 aliphatic heterocycles. The highest BCUT2D eigenvalue weighted by Crippen LogP contribution is 2.32. The summed E-state index contributed by atoms with van der Waals surface area (Å²) < 4.78 is 5.86. The second kappa shape index (κ2) is 5.78. The molecule has 2 aromatic rings. The zero-order chi connectivity index (χ0) is 14.7. The van der Waals surface area contributed by atoms with Gasteiger partial charge in [0.15, 0.2) is 0 Å². The Morgan fingerprint density at radius 1 is 1.10 bits per heavy atom. The van der Waals surface area contributed by atoms with Gasteiger partial charge in [0.1, 0.15) is 17.1 Å². The van der Waals surface area contributed by atoms with Gasteiger partial charge in [0.2, 0.25) is 0 Å². The maximum atomic E-state index is 11.3. The molecule has 2 aromatic carbocycles. The van der Waals surface area contributed by atoms with Crippen LogP contribution < -0.4 is 4.74 Å². The van der Waals surface area contributed by atoms with Crippen LogP contribution in [0, 0.1) is 6.92 Å². The van der Waals surface area contributed by atoms with Crippen LogP contribution in [0.2, 0.25) is 0 Å². The summed E-state index contributed by atoms with van der Waals surface area (Å²) in [7, 11) is 0. The lowest BCUT2D eigenvalue weighted by atomic mass is 10.0. The van der Waals surface area contributed by atoms with E-state index in [1.165, 1.54) is 0 Å². The molecule has 0 amide bonds. The normalized spacial score (nSPS) is 10.6. The fourth-order valence-electron chi connectivity index (χ4n) is 2.06. The van der Waals surface area contributed by atoms with Gasteiger partial charge in [-0.05, 0) is 42.2 Å². The van der Waals surface area contributed by atoms with Gasteiger partial charge in [0.25, 0.3) is 0 Å². The smallest absolute Gasteiger partial charge is 0.339 e. The molecule has 0 aliphatic carbocycles. The fourth-order valence-corrected chi connectivity index (χ4v) is 2.06. The molecule has 3 heteroatoms. The molecule has 0 fully saturated rings. The van der Waals surface area contributed by atoms with E-state index in [0.717, 1.165) is 11.1 Å². The number of carboxylic acid groups (broad SMARTS) is 1. The second-order valence-electron chi connectivity index (χ2n) is 5.10. The minimum Gasteiger partial charge on any atom is -0.478 e. The van der Waals surface area contributed by atoms with Crippen LogP contribution in [0.5, 0.6) is 11.5 Å². The van der Waals surface area contributed by atoms with Crippen molar-refractivity contribution in [1.29, 1.82) is 0 Å². The molecule has 0 spiro atoms. The maximum absolute atomic E-state index is 11.3. The van der Waals surface area contributed by atoms with E-state index >= 15 is 0 Å². The lowest BCUT2D eigenvalue weighted by Crippen LogP contribution is -2.01. The molecular formula is C17H18O3. The lowest BCUT2D eigenvalue weighted by molar-refractivity contribution is 0.0694. The Bertz CT molecular complexity index is 630. The van der Waals surface area contributed by atoms with Gasteiger partial charge in [-0.25, -0.2) is 4.79 Å². The molecule has 0 atom stereocenters. The van der Waals surface area contributed by atoms with Crippen molar-refractivity contribution in [1.82, 2.24) is 0 Å². The van der Waals surface area contributed by atoms with E-state index in [9.17, 15) is 9.90 Å². The highest BCUT2D eigenvalue weighted by atomic mass is 16.5. The number of carbonyl (C=O) groups is 1. The van der Waals surface area contributed by atoms with Crippen LogP contribution in [0.4, 0.5) is 0 Å². The fraction of sp³-hybridized carbons (Fsp3) is 0.235. The van der Waals surface area contributed by atoms with E-state index in [1.807, 2.05) is 31.2 Å². The van der Waals surface area contributed by atoms with Crippen molar-refractivity contribution in [2.45, 2.75) is 26.7 Å². The number of aromatic carboxylic acids is 1. The molecular weight excluding hydrogens is 252 g/mol. The van der Waals surface area contributed by atoms with Crippen molar-refractivity contribution in [2.24, 2.45) is 0 Å². The first-order chi connectivity index (χ1) is 9.49. The van der Waals surface area contributed by atoms with E-state index in [0.29, 0.717) is 17.4 Å². The predicted octanol–water partition coefficient (Wildman–Crippen LogP) is 4.61. The first-order valence-electron chi connectivity index (χ1n) is 6.59. The van der Waals surface area contributed by atoms with E-state index in [4.69, 9.17) is 4.74 Å². The van der Waals surface area contributed by atoms with Gasteiger partial charge in [0.05, 0.1) is 0 Å². The minimum atomic E-state index is -0.984. The van der Waals surface area contributed by atoms with Gasteiger partial charge in [-0.1, -0.05) is 38.1 Å². The minimum absolute atomic E-state index is 0.175. The molecule has 2 rings (SSSR count). The van der Waals surface area contributed by atoms with Gasteiger partial charge in [-0.3, -0.25) is 0 Å². The number of carboxylic acids is 1. The first kappa shape index (κ1) is 14.1. The summed E-state index contributed by atoms with van der Waals surface area (Å²) in [4.78, 5) is 11.3. The summed E-state index contributed by atoms with van der Waals surface area (Å²) in [6, 6.07) is 12.8. The van der Waals surface area contributed by atoms with E-state index in [1.54, 1.807) is 18.2 Å². The molecule has 0 aromatic heterocycles. The van der Waals surface area contributed by atoms with Crippen molar-refractivity contribution in [3.63, 3.8) is 0 Å². The molecule has 0 bridgehead atoms. The van der Waals surface area contributed by atoms with Crippen molar-refractivity contribution in [3.05, 3.63) is 59.2 Å². The summed E-state index contributed by atoms with van der Waals surface area (Å²) >= 11 is 0. The predicted molar refractivity (Wildman–Crippen MR) is 78.7 cm³/mol. The number of hydrogen-bond donors (Lipinski definition) is 1. The van der Waals surface area contributed by atoms with Crippen molar-refractivity contribution < 1.29 is 14.6 Å². The van der Waals surface area contributed by atoms with Crippen LogP contribution in [0.15, 0.2) is 42.5 Å². The van der Waals surface area contributed by atoms with Crippen LogP contribution in [0.1, 0.15) is 41.3 Å². The third-order valence-corrected chi connectivity index (χ3v) is 3.13. The molecule has 20 heavy (non-hydrogen) atoms. The summed E-state index contributed by atoms with van der Waals surface area (Å²) in [5.74, 6) is 0.410. The summed E-state index contributed by atoms with van der Waals surface area (Å²) in [5, 5.41) is 9.23. The Morgan fingerprint density at radius 2 is 1.80 bits per heavy atom. The van der Waals surface area contributed by atoms with Gasteiger partial charge in [0, 0.05) is 0 Å². The summed E-state index contributed by atoms with van der Waals surface area (Å²) in [6.07, 6.45) is 0. The molecule has 0 saturated heterocycles. The Balaban J connectivity index is 2.45. The van der Waals surface area contributed by atoms with Crippen molar-refractivity contribution in [2.75, 3.05) is 0 Å². The average molecular weight is 270 g/mol. The number of aryl methyl sites for hydroxylation is 1. The Labute approximate surface area is 118 Å². The second-order valence-corrected chi connectivity index (χ2v) is 5.10. The van der Waals surface area contributed by atoms with Crippen LogP contribution >= 0.6 is 0 Å². The van der Waals surface area contributed by atoms with Crippen molar-refractivity contribution in [3.8, 4) is 11.5 Å². The van der Waals surface area contributed by atoms with Crippen molar-refractivity contribution >= 4 is 5.97 Å². The third kappa shape index (κ3) is 2.99. The molecule has 0 aliphatic rings. The van der Waals surface area contributed by atoms with Crippen LogP contribution in [-0.2, 0) is 0 Å². The summed E-state index contributed by atoms with van der Waals surface area (Å²) in [5.41, 5.74) is 2.20. The SMILES string of the molecule is Cc1ccc(C(=O)O)c(Oc2ccccc2C(C)C)c1. The van der Waals surface area contributed by atoms with Gasteiger partial charge in [-0.2, -0.15) is 0 Å². The number of benzene rings is 2. The lowest BCUT2D eigenvalue weighted by Gasteiger charge is -2.15. The topological polar surface area (TPSA) is 46.5 Å². The third-order valence-electron chi connectivity index (χ3n) is 3.13. The standard InChI is InChI=1S/C17H18O3/c1-11(2)13-6-4-5-7-15(13)20-16-10-12(3)8-9-14(16)17(18)19/h4-11H,1-3H3,(H,18,19). The number of hydrogen-bond acceptors (Lipinski definition) is 2. The highest BCUT2D eigenvalue weighted by molar-refractivity contribution is 5.91. The average Bonchev–Trinajstić information content (AvgIpc) is 2.38. The van der Waals surface area contributed by atoms with E-state index in [-0.39, 0.29) is 5.56 Å². The monoisotopic (exact) mass is 270 g/mol. The molecule has 0 saturated carbocycles. The number of rotatable bonds is 4. The van der Waals surface area contributed by atoms with E-state index in [2.05, 4.69) is 13.8 Å². The van der Waals surface area contributed by atoms with Crippen LogP contribution in [-0.4, -0.2) is 11.1 Å². The summed E-state index contributed by atoms with van der Waals surface area (Å²) in [6.45, 7) is 6.07. The number of para-hydroxylation sites is 1. The maximum Gasteiger partial charge on any atom is 0.339 e. The number of ether oxygens (including phenoxy) is 1. The Morgan fingerprint density at radius 3 is 2.45 bits per heavy atom. The molecule has 0 unspecified atom stereocenters. The molecule has 1 N–H and O–H groups in total. The van der Waals surface area contributed by atoms with E-state index < -0.39 is 5.97 Å². The molecule has 3 nitrogen and oxygen atoms in total. The highest BCUT2D eigenvalue weighted by Gasteiger charge is 2.14. The Kier molecular flexibility index (Phi) is 4.08.